The summed E-state index contributed by atoms with van der Waals surface area (Å²) in [5.41, 5.74) is 5.02. The lowest BCUT2D eigenvalue weighted by Gasteiger charge is -2.69. The fraction of sp³-hybridized carbons (Fsp3) is 0.727. The molecule has 4 aliphatic carbocycles. The van der Waals surface area contributed by atoms with Gasteiger partial charge in [-0.05, 0) is 101 Å². The highest BCUT2D eigenvalue weighted by atomic mass is 14.7. The van der Waals surface area contributed by atoms with Crippen molar-refractivity contribution in [1.82, 2.24) is 0 Å². The van der Waals surface area contributed by atoms with Crippen LogP contribution in [0.2, 0.25) is 0 Å². The van der Waals surface area contributed by atoms with E-state index < -0.39 is 0 Å². The van der Waals surface area contributed by atoms with Crippen molar-refractivity contribution < 1.29 is 0 Å². The highest BCUT2D eigenvalue weighted by molar-refractivity contribution is 5.21. The van der Waals surface area contributed by atoms with Gasteiger partial charge in [0.1, 0.15) is 0 Å². The third-order valence-corrected chi connectivity index (χ3v) is 6.97. The lowest BCUT2D eigenvalue weighted by Crippen LogP contribution is -2.60. The summed E-state index contributed by atoms with van der Waals surface area (Å²) in [5, 5.41) is 0. The van der Waals surface area contributed by atoms with Crippen LogP contribution in [0.3, 0.4) is 0 Å². The third-order valence-electron chi connectivity index (χ3n) is 6.97. The fourth-order valence-corrected chi connectivity index (χ4v) is 7.08. The first-order valence-electron chi connectivity index (χ1n) is 9.19. The first-order chi connectivity index (χ1) is 10.3. The summed E-state index contributed by atoms with van der Waals surface area (Å²) in [6.45, 7) is 19.7. The van der Waals surface area contributed by atoms with Crippen molar-refractivity contribution in [2.75, 3.05) is 0 Å². The summed E-state index contributed by atoms with van der Waals surface area (Å²) in [6.07, 6.45) is 11.0. The predicted octanol–water partition coefficient (Wildman–Crippen LogP) is 6.70. The molecule has 0 aromatic carbocycles. The molecule has 0 amide bonds. The Labute approximate surface area is 137 Å². The van der Waals surface area contributed by atoms with Crippen molar-refractivity contribution in [3.63, 3.8) is 0 Å². The molecule has 2 atom stereocenters. The zero-order valence-corrected chi connectivity index (χ0v) is 15.0. The largest absolute Gasteiger partial charge is 0.100 e. The molecule has 0 saturated heterocycles. The molecule has 0 radical (unpaired) electrons. The van der Waals surface area contributed by atoms with Crippen LogP contribution >= 0.6 is 0 Å². The molecule has 0 spiro atoms. The van der Waals surface area contributed by atoms with E-state index >= 15 is 0 Å². The minimum absolute atomic E-state index is 0.414. The molecule has 2 unspecified atom stereocenters. The number of rotatable bonds is 6. The van der Waals surface area contributed by atoms with E-state index in [1.54, 1.807) is 0 Å². The van der Waals surface area contributed by atoms with Crippen LogP contribution in [0.1, 0.15) is 72.1 Å². The van der Waals surface area contributed by atoms with E-state index in [1.165, 1.54) is 68.1 Å². The minimum Gasteiger partial charge on any atom is -0.100 e. The second-order valence-corrected chi connectivity index (χ2v) is 9.38. The Morgan fingerprint density at radius 2 is 1.23 bits per heavy atom. The summed E-state index contributed by atoms with van der Waals surface area (Å²) in [5.74, 6) is 2.87. The molecule has 0 aliphatic heterocycles. The molecule has 0 aromatic heterocycles. The molecule has 4 saturated carbocycles. The van der Waals surface area contributed by atoms with Gasteiger partial charge in [0.05, 0.1) is 0 Å². The summed E-state index contributed by atoms with van der Waals surface area (Å²) < 4.78 is 0. The van der Waals surface area contributed by atoms with Gasteiger partial charge in [0.15, 0.2) is 0 Å². The predicted molar refractivity (Wildman–Crippen MR) is 96.7 cm³/mol. The molecular weight excluding hydrogens is 264 g/mol. The van der Waals surface area contributed by atoms with E-state index in [2.05, 4.69) is 40.5 Å². The van der Waals surface area contributed by atoms with E-state index in [4.69, 9.17) is 0 Å². The Bertz CT molecular complexity index is 476. The van der Waals surface area contributed by atoms with Crippen molar-refractivity contribution in [3.8, 4) is 0 Å². The van der Waals surface area contributed by atoms with Crippen LogP contribution in [-0.4, -0.2) is 0 Å². The summed E-state index contributed by atoms with van der Waals surface area (Å²) in [6, 6.07) is 0. The highest BCUT2D eigenvalue weighted by Gasteiger charge is 2.64. The van der Waals surface area contributed by atoms with Crippen LogP contribution in [-0.2, 0) is 0 Å². The van der Waals surface area contributed by atoms with Gasteiger partial charge in [0, 0.05) is 0 Å². The molecule has 22 heavy (non-hydrogen) atoms. The second-order valence-electron chi connectivity index (χ2n) is 9.38. The van der Waals surface area contributed by atoms with Crippen molar-refractivity contribution >= 4 is 0 Å². The van der Waals surface area contributed by atoms with E-state index in [0.29, 0.717) is 10.8 Å². The van der Waals surface area contributed by atoms with Crippen molar-refractivity contribution in [2.45, 2.75) is 72.1 Å². The highest BCUT2D eigenvalue weighted by Crippen LogP contribution is 2.73. The maximum atomic E-state index is 4.32. The van der Waals surface area contributed by atoms with Gasteiger partial charge in [-0.15, -0.1) is 19.7 Å². The van der Waals surface area contributed by atoms with Gasteiger partial charge in [-0.25, -0.2) is 0 Å². The molecule has 0 nitrogen and oxygen atoms in total. The molecular formula is C22H34. The molecule has 0 aromatic rings. The van der Waals surface area contributed by atoms with Gasteiger partial charge in [-0.3, -0.25) is 0 Å². The zero-order valence-electron chi connectivity index (χ0n) is 15.0. The molecule has 0 N–H and O–H groups in total. The second kappa shape index (κ2) is 5.39. The van der Waals surface area contributed by atoms with Crippen LogP contribution in [0.4, 0.5) is 0 Å². The Kier molecular flexibility index (Phi) is 3.94. The standard InChI is InChI=1S/C22H34/c1-15(2)10-21-13-18-7-19(14-21)9-20(8-18)22(21,11-16(3)4)12-17(5)6/h18-20H,1,3,5,7-14H2,2,4,6H3. The quantitative estimate of drug-likeness (QED) is 0.479. The molecule has 0 heteroatoms. The fourth-order valence-electron chi connectivity index (χ4n) is 7.08. The molecule has 4 aliphatic rings. The van der Waals surface area contributed by atoms with E-state index in [0.717, 1.165) is 17.8 Å². The van der Waals surface area contributed by atoms with Gasteiger partial charge in [0.25, 0.3) is 0 Å². The smallest absolute Gasteiger partial charge is 0.0135 e. The maximum Gasteiger partial charge on any atom is -0.0135 e. The van der Waals surface area contributed by atoms with Gasteiger partial charge in [-0.2, -0.15) is 0 Å². The summed E-state index contributed by atoms with van der Waals surface area (Å²) in [4.78, 5) is 0. The maximum absolute atomic E-state index is 4.32. The molecule has 122 valence electrons. The van der Waals surface area contributed by atoms with Gasteiger partial charge < -0.3 is 0 Å². The Hall–Kier alpha value is -0.780. The van der Waals surface area contributed by atoms with Crippen molar-refractivity contribution in [2.24, 2.45) is 28.6 Å². The van der Waals surface area contributed by atoms with E-state index in [9.17, 15) is 0 Å². The van der Waals surface area contributed by atoms with E-state index in [-0.39, 0.29) is 0 Å². The van der Waals surface area contributed by atoms with E-state index in [1.807, 2.05) is 0 Å². The molecule has 4 bridgehead atoms. The Balaban J connectivity index is 2.08. The Morgan fingerprint density at radius 3 is 1.64 bits per heavy atom. The lowest BCUT2D eigenvalue weighted by molar-refractivity contribution is -0.177. The Morgan fingerprint density at radius 1 is 0.773 bits per heavy atom. The monoisotopic (exact) mass is 298 g/mol. The average molecular weight is 299 g/mol. The van der Waals surface area contributed by atoms with Gasteiger partial charge in [0.2, 0.25) is 0 Å². The van der Waals surface area contributed by atoms with Crippen LogP contribution in [0, 0.1) is 28.6 Å². The number of allylic oxidation sites excluding steroid dienone is 3. The number of hydrogen-bond acceptors (Lipinski definition) is 0. The first kappa shape index (κ1) is 16.1. The van der Waals surface area contributed by atoms with Crippen molar-refractivity contribution in [3.05, 3.63) is 36.5 Å². The summed E-state index contributed by atoms with van der Waals surface area (Å²) >= 11 is 0. The zero-order chi connectivity index (χ0) is 16.1. The minimum atomic E-state index is 0.414. The van der Waals surface area contributed by atoms with Gasteiger partial charge >= 0.3 is 0 Å². The van der Waals surface area contributed by atoms with Crippen LogP contribution in [0.15, 0.2) is 36.5 Å². The third kappa shape index (κ3) is 2.43. The average Bonchev–Trinajstić information content (AvgIpc) is 2.32. The van der Waals surface area contributed by atoms with Crippen LogP contribution in [0.5, 0.6) is 0 Å². The topological polar surface area (TPSA) is 0 Å². The lowest BCUT2D eigenvalue weighted by atomic mass is 9.36. The van der Waals surface area contributed by atoms with Gasteiger partial charge in [-0.1, -0.05) is 16.7 Å². The van der Waals surface area contributed by atoms with Crippen LogP contribution < -0.4 is 0 Å². The molecule has 4 fully saturated rings. The molecule has 0 heterocycles. The van der Waals surface area contributed by atoms with Crippen LogP contribution in [0.25, 0.3) is 0 Å². The summed E-state index contributed by atoms with van der Waals surface area (Å²) in [7, 11) is 0. The normalized spacial score (nSPS) is 38.0. The SMILES string of the molecule is C=C(C)CC12CC3CC(CC(C3)C1(CC(=C)C)CC(=C)C)C2. The molecule has 4 rings (SSSR count). The van der Waals surface area contributed by atoms with Crippen molar-refractivity contribution in [1.29, 1.82) is 0 Å². The number of hydrogen-bond donors (Lipinski definition) is 0. The first-order valence-corrected chi connectivity index (χ1v) is 9.19.